The molecule has 0 aliphatic rings. The van der Waals surface area contributed by atoms with Crippen molar-refractivity contribution in [2.24, 2.45) is 22.5 Å². The fraction of sp³-hybridized carbons (Fsp3) is 0.875. The van der Waals surface area contributed by atoms with Crippen LogP contribution in [0.15, 0.2) is 12.2 Å². The van der Waals surface area contributed by atoms with Crippen LogP contribution in [0.2, 0.25) is 0 Å². The van der Waals surface area contributed by atoms with E-state index in [0.29, 0.717) is 16.7 Å². The van der Waals surface area contributed by atoms with E-state index < -0.39 is 0 Å². The quantitative estimate of drug-likeness (QED) is 0.636. The molecule has 0 radical (unpaired) electrons. The van der Waals surface area contributed by atoms with Gasteiger partial charge in [0.15, 0.2) is 0 Å². The van der Waals surface area contributed by atoms with Crippen LogP contribution < -0.4 is 5.73 Å². The molecule has 0 aromatic carbocycles. The lowest BCUT2D eigenvalue weighted by Gasteiger charge is -2.38. The highest BCUT2D eigenvalue weighted by Crippen LogP contribution is 2.42. The van der Waals surface area contributed by atoms with E-state index in [1.807, 2.05) is 0 Å². The topological polar surface area (TPSA) is 26.0 Å². The van der Waals surface area contributed by atoms with Crippen molar-refractivity contribution in [3.63, 3.8) is 0 Å². The smallest absolute Gasteiger partial charge is 0.00742 e. The van der Waals surface area contributed by atoms with Gasteiger partial charge in [-0.3, -0.25) is 0 Å². The van der Waals surface area contributed by atoms with Gasteiger partial charge in [-0.15, -0.1) is 0 Å². The molecule has 0 spiro atoms. The van der Waals surface area contributed by atoms with Gasteiger partial charge >= 0.3 is 0 Å². The molecule has 0 heterocycles. The molecular formula is C16H33N. The highest BCUT2D eigenvalue weighted by atomic mass is 14.5. The molecule has 17 heavy (non-hydrogen) atoms. The summed E-state index contributed by atoms with van der Waals surface area (Å²) in [4.78, 5) is 0. The summed E-state index contributed by atoms with van der Waals surface area (Å²) in [7, 11) is 0. The van der Waals surface area contributed by atoms with Gasteiger partial charge in [-0.05, 0) is 42.6 Å². The Morgan fingerprint density at radius 2 is 1.71 bits per heavy atom. The van der Waals surface area contributed by atoms with Crippen LogP contribution in [-0.2, 0) is 0 Å². The van der Waals surface area contributed by atoms with E-state index in [-0.39, 0.29) is 0 Å². The molecule has 0 rings (SSSR count). The molecule has 1 nitrogen and oxygen atoms in total. The molecule has 1 heteroatoms. The molecule has 0 bridgehead atoms. The molecule has 0 saturated heterocycles. The number of rotatable bonds is 7. The SMILES string of the molecule is C=C(CCCN)C(CC(C)(C)CC)C(C)(C)C. The molecule has 0 fully saturated rings. The molecule has 0 aromatic heterocycles. The Morgan fingerprint density at radius 1 is 1.18 bits per heavy atom. The summed E-state index contributed by atoms with van der Waals surface area (Å²) in [6.45, 7) is 19.1. The molecule has 0 aliphatic carbocycles. The first-order chi connectivity index (χ1) is 7.64. The molecule has 102 valence electrons. The second-order valence-electron chi connectivity index (χ2n) is 7.19. The van der Waals surface area contributed by atoms with Gasteiger partial charge in [0.05, 0.1) is 0 Å². The zero-order valence-electron chi connectivity index (χ0n) is 12.9. The maximum atomic E-state index is 5.60. The van der Waals surface area contributed by atoms with Gasteiger partial charge in [0.2, 0.25) is 0 Å². The average Bonchev–Trinajstić information content (AvgIpc) is 2.21. The third-order valence-corrected chi connectivity index (χ3v) is 3.95. The minimum absolute atomic E-state index is 0.304. The lowest BCUT2D eigenvalue weighted by Crippen LogP contribution is -2.28. The van der Waals surface area contributed by atoms with E-state index in [0.717, 1.165) is 19.4 Å². The molecular weight excluding hydrogens is 206 g/mol. The van der Waals surface area contributed by atoms with Crippen LogP contribution >= 0.6 is 0 Å². The van der Waals surface area contributed by atoms with Gasteiger partial charge in [0.1, 0.15) is 0 Å². The van der Waals surface area contributed by atoms with Crippen molar-refractivity contribution in [3.05, 3.63) is 12.2 Å². The van der Waals surface area contributed by atoms with E-state index in [4.69, 9.17) is 5.73 Å². The predicted molar refractivity (Wildman–Crippen MR) is 79.1 cm³/mol. The highest BCUT2D eigenvalue weighted by molar-refractivity contribution is 5.06. The third-order valence-electron chi connectivity index (χ3n) is 3.95. The minimum atomic E-state index is 0.304. The van der Waals surface area contributed by atoms with Crippen molar-refractivity contribution in [1.29, 1.82) is 0 Å². The van der Waals surface area contributed by atoms with E-state index in [2.05, 4.69) is 48.1 Å². The van der Waals surface area contributed by atoms with Gasteiger partial charge < -0.3 is 5.73 Å². The van der Waals surface area contributed by atoms with Crippen LogP contribution in [0.1, 0.15) is 67.2 Å². The van der Waals surface area contributed by atoms with E-state index in [9.17, 15) is 0 Å². The van der Waals surface area contributed by atoms with Crippen molar-refractivity contribution in [2.75, 3.05) is 6.54 Å². The van der Waals surface area contributed by atoms with Crippen molar-refractivity contribution < 1.29 is 0 Å². The van der Waals surface area contributed by atoms with Gasteiger partial charge in [-0.2, -0.15) is 0 Å². The van der Waals surface area contributed by atoms with Crippen LogP contribution in [0.4, 0.5) is 0 Å². The Hall–Kier alpha value is -0.300. The Kier molecular flexibility index (Phi) is 6.47. The molecule has 1 atom stereocenters. The molecule has 0 aliphatic heterocycles. The van der Waals surface area contributed by atoms with Crippen LogP contribution in [0.5, 0.6) is 0 Å². The van der Waals surface area contributed by atoms with Crippen molar-refractivity contribution in [2.45, 2.75) is 67.2 Å². The first-order valence-corrected chi connectivity index (χ1v) is 7.02. The van der Waals surface area contributed by atoms with Gasteiger partial charge in [0.25, 0.3) is 0 Å². The normalized spacial score (nSPS) is 14.8. The number of allylic oxidation sites excluding steroid dienone is 1. The zero-order chi connectivity index (χ0) is 13.7. The molecule has 1 unspecified atom stereocenters. The van der Waals surface area contributed by atoms with Gasteiger partial charge in [0, 0.05) is 0 Å². The van der Waals surface area contributed by atoms with E-state index >= 15 is 0 Å². The fourth-order valence-corrected chi connectivity index (χ4v) is 2.26. The van der Waals surface area contributed by atoms with Crippen LogP contribution in [0.3, 0.4) is 0 Å². The predicted octanol–water partition coefficient (Wildman–Crippen LogP) is 4.77. The summed E-state index contributed by atoms with van der Waals surface area (Å²) >= 11 is 0. The third kappa shape index (κ3) is 6.26. The Labute approximate surface area is 109 Å². The summed E-state index contributed by atoms with van der Waals surface area (Å²) in [6, 6.07) is 0. The molecule has 0 saturated carbocycles. The summed E-state index contributed by atoms with van der Waals surface area (Å²) in [5.41, 5.74) is 7.70. The standard InChI is InChI=1S/C16H33N/c1-8-16(6,7)12-14(15(3,4)5)13(2)10-9-11-17/h14H,2,8-12,17H2,1,3-7H3. The van der Waals surface area contributed by atoms with Crippen molar-refractivity contribution in [3.8, 4) is 0 Å². The van der Waals surface area contributed by atoms with Gasteiger partial charge in [-0.25, -0.2) is 0 Å². The molecule has 0 aromatic rings. The van der Waals surface area contributed by atoms with Crippen molar-refractivity contribution >= 4 is 0 Å². The lowest BCUT2D eigenvalue weighted by atomic mass is 9.67. The summed E-state index contributed by atoms with van der Waals surface area (Å²) < 4.78 is 0. The Bertz CT molecular complexity index is 232. The molecule has 0 amide bonds. The van der Waals surface area contributed by atoms with Gasteiger partial charge in [-0.1, -0.05) is 60.1 Å². The maximum absolute atomic E-state index is 5.60. The summed E-state index contributed by atoms with van der Waals surface area (Å²) in [6.07, 6.45) is 4.61. The van der Waals surface area contributed by atoms with E-state index in [1.54, 1.807) is 0 Å². The second-order valence-corrected chi connectivity index (χ2v) is 7.19. The minimum Gasteiger partial charge on any atom is -0.330 e. The van der Waals surface area contributed by atoms with Crippen molar-refractivity contribution in [1.82, 2.24) is 0 Å². The number of hydrogen-bond donors (Lipinski definition) is 1. The summed E-state index contributed by atoms with van der Waals surface area (Å²) in [5.74, 6) is 0.601. The Balaban J connectivity index is 4.72. The highest BCUT2D eigenvalue weighted by Gasteiger charge is 2.31. The molecule has 2 N–H and O–H groups in total. The van der Waals surface area contributed by atoms with Crippen LogP contribution in [0.25, 0.3) is 0 Å². The first kappa shape index (κ1) is 16.7. The summed E-state index contributed by atoms with van der Waals surface area (Å²) in [5, 5.41) is 0. The van der Waals surface area contributed by atoms with E-state index in [1.165, 1.54) is 18.4 Å². The fourth-order valence-electron chi connectivity index (χ4n) is 2.26. The lowest BCUT2D eigenvalue weighted by molar-refractivity contribution is 0.176. The maximum Gasteiger partial charge on any atom is -0.00742 e. The second kappa shape index (κ2) is 6.58. The Morgan fingerprint density at radius 3 is 2.06 bits per heavy atom. The van der Waals surface area contributed by atoms with Crippen LogP contribution in [0, 0.1) is 16.7 Å². The average molecular weight is 239 g/mol. The zero-order valence-corrected chi connectivity index (χ0v) is 12.9. The largest absolute Gasteiger partial charge is 0.330 e. The van der Waals surface area contributed by atoms with Crippen LogP contribution in [-0.4, -0.2) is 6.54 Å². The first-order valence-electron chi connectivity index (χ1n) is 7.02. The number of nitrogens with two attached hydrogens (primary N) is 1. The number of hydrogen-bond acceptors (Lipinski definition) is 1. The monoisotopic (exact) mass is 239 g/mol.